The maximum Gasteiger partial charge on any atom is 0.328 e. The summed E-state index contributed by atoms with van der Waals surface area (Å²) in [7, 11) is 0. The summed E-state index contributed by atoms with van der Waals surface area (Å²) in [5, 5.41) is 9.33. The Hall–Kier alpha value is -1.47. The molecule has 0 aliphatic rings. The number of fused-ring (bicyclic) bond motifs is 1. The summed E-state index contributed by atoms with van der Waals surface area (Å²) in [6.45, 7) is 4.12. The molecule has 0 spiro atoms. The molecular weight excluding hydrogens is 252 g/mol. The summed E-state index contributed by atoms with van der Waals surface area (Å²) in [5.41, 5.74) is 3.58. The Bertz CT molecular complexity index is 578. The molecule has 0 radical (unpaired) electrons. The summed E-state index contributed by atoms with van der Waals surface area (Å²) < 4.78 is 2.13. The molecular formula is C11H16N4O2S. The first kappa shape index (κ1) is 13.0. The summed E-state index contributed by atoms with van der Waals surface area (Å²) in [6.07, 6.45) is 3.80. The zero-order chi connectivity index (χ0) is 13.1. The van der Waals surface area contributed by atoms with E-state index in [9.17, 15) is 9.90 Å². The van der Waals surface area contributed by atoms with Crippen molar-refractivity contribution in [3.63, 3.8) is 0 Å². The Morgan fingerprint density at radius 1 is 1.56 bits per heavy atom. The largest absolute Gasteiger partial charge is 0.394 e. The van der Waals surface area contributed by atoms with Gasteiger partial charge in [-0.2, -0.15) is 4.68 Å². The third-order valence-electron chi connectivity index (χ3n) is 2.54. The zero-order valence-corrected chi connectivity index (χ0v) is 11.1. The summed E-state index contributed by atoms with van der Waals surface area (Å²) >= 11 is 1.09. The van der Waals surface area contributed by atoms with Crippen LogP contribution in [-0.4, -0.2) is 32.4 Å². The lowest BCUT2D eigenvalue weighted by Crippen LogP contribution is -2.36. The van der Waals surface area contributed by atoms with Crippen molar-refractivity contribution in [1.29, 1.82) is 0 Å². The number of hydrogen-bond donors (Lipinski definition) is 2. The molecule has 2 rings (SSSR count). The van der Waals surface area contributed by atoms with Crippen LogP contribution in [0.4, 0.5) is 0 Å². The van der Waals surface area contributed by atoms with E-state index in [1.165, 1.54) is 11.0 Å². The fourth-order valence-electron chi connectivity index (χ4n) is 1.81. The SMILES string of the molecule is CC(C)C[C@H](CO)Nn1c(=O)sc2cncnc21. The van der Waals surface area contributed by atoms with Crippen molar-refractivity contribution in [2.45, 2.75) is 26.3 Å². The minimum Gasteiger partial charge on any atom is -0.394 e. The van der Waals surface area contributed by atoms with E-state index >= 15 is 0 Å². The molecule has 0 saturated carbocycles. The molecule has 0 unspecified atom stereocenters. The number of aliphatic hydroxyl groups is 1. The van der Waals surface area contributed by atoms with Crippen molar-refractivity contribution in [1.82, 2.24) is 14.6 Å². The van der Waals surface area contributed by atoms with Gasteiger partial charge >= 0.3 is 4.87 Å². The number of aliphatic hydroxyl groups excluding tert-OH is 1. The highest BCUT2D eigenvalue weighted by molar-refractivity contribution is 7.16. The van der Waals surface area contributed by atoms with Crippen LogP contribution in [0.15, 0.2) is 17.3 Å². The number of thiazole rings is 1. The molecule has 0 aromatic carbocycles. The van der Waals surface area contributed by atoms with Crippen molar-refractivity contribution in [3.05, 3.63) is 22.2 Å². The fourth-order valence-corrected chi connectivity index (χ4v) is 2.58. The molecule has 18 heavy (non-hydrogen) atoms. The summed E-state index contributed by atoms with van der Waals surface area (Å²) in [4.78, 5) is 19.7. The fraction of sp³-hybridized carbons (Fsp3) is 0.545. The molecule has 0 aliphatic heterocycles. The predicted octanol–water partition coefficient (Wildman–Crippen LogP) is 0.803. The van der Waals surface area contributed by atoms with Crippen molar-refractivity contribution in [2.75, 3.05) is 12.0 Å². The molecule has 1 atom stereocenters. The molecule has 7 heteroatoms. The van der Waals surface area contributed by atoms with Crippen LogP contribution < -0.4 is 10.3 Å². The van der Waals surface area contributed by atoms with Gasteiger partial charge in [0.25, 0.3) is 0 Å². The number of rotatable bonds is 5. The Morgan fingerprint density at radius 3 is 3.00 bits per heavy atom. The first-order chi connectivity index (χ1) is 8.61. The summed E-state index contributed by atoms with van der Waals surface area (Å²) in [6, 6.07) is -0.157. The Kier molecular flexibility index (Phi) is 3.93. The van der Waals surface area contributed by atoms with Gasteiger partial charge < -0.3 is 10.5 Å². The Balaban J connectivity index is 2.30. The third-order valence-corrected chi connectivity index (χ3v) is 3.40. The van der Waals surface area contributed by atoms with Gasteiger partial charge in [0.1, 0.15) is 6.33 Å². The first-order valence-corrected chi connectivity index (χ1v) is 6.62. The Morgan fingerprint density at radius 2 is 2.33 bits per heavy atom. The standard InChI is InChI=1S/C11H16N4O2S/c1-7(2)3-8(5-16)14-15-10-9(18-11(15)17)4-12-6-13-10/h4,6-8,14,16H,3,5H2,1-2H3/t8-/m1/s1. The smallest absolute Gasteiger partial charge is 0.328 e. The van der Waals surface area contributed by atoms with Crippen LogP contribution in [0.2, 0.25) is 0 Å². The number of hydrogen-bond acceptors (Lipinski definition) is 6. The van der Waals surface area contributed by atoms with Crippen molar-refractivity contribution in [3.8, 4) is 0 Å². The van der Waals surface area contributed by atoms with Crippen LogP contribution in [0.25, 0.3) is 10.3 Å². The van der Waals surface area contributed by atoms with Crippen molar-refractivity contribution < 1.29 is 5.11 Å². The second-order valence-corrected chi connectivity index (χ2v) is 5.55. The molecule has 0 aliphatic carbocycles. The van der Waals surface area contributed by atoms with Crippen LogP contribution >= 0.6 is 11.3 Å². The second-order valence-electron chi connectivity index (χ2n) is 4.55. The molecule has 0 amide bonds. The lowest BCUT2D eigenvalue weighted by molar-refractivity contribution is 0.252. The lowest BCUT2D eigenvalue weighted by Gasteiger charge is -2.19. The van der Waals surface area contributed by atoms with Gasteiger partial charge in [0, 0.05) is 6.20 Å². The van der Waals surface area contributed by atoms with E-state index in [0.717, 1.165) is 22.5 Å². The predicted molar refractivity (Wildman–Crippen MR) is 71.4 cm³/mol. The molecule has 2 aromatic heterocycles. The normalized spacial score (nSPS) is 13.1. The minimum absolute atomic E-state index is 0.0208. The van der Waals surface area contributed by atoms with Gasteiger partial charge in [-0.15, -0.1) is 0 Å². The average Bonchev–Trinajstić information content (AvgIpc) is 2.64. The number of nitrogens with one attached hydrogen (secondary N) is 1. The lowest BCUT2D eigenvalue weighted by atomic mass is 10.1. The van der Waals surface area contributed by atoms with E-state index in [4.69, 9.17) is 0 Å². The third kappa shape index (κ3) is 2.68. The van der Waals surface area contributed by atoms with Gasteiger partial charge in [0.2, 0.25) is 0 Å². The zero-order valence-electron chi connectivity index (χ0n) is 10.3. The molecule has 0 bridgehead atoms. The first-order valence-electron chi connectivity index (χ1n) is 5.80. The van der Waals surface area contributed by atoms with E-state index < -0.39 is 0 Å². The van der Waals surface area contributed by atoms with E-state index in [1.54, 1.807) is 6.20 Å². The molecule has 6 nitrogen and oxygen atoms in total. The quantitative estimate of drug-likeness (QED) is 0.838. The van der Waals surface area contributed by atoms with Gasteiger partial charge in [-0.05, 0) is 12.3 Å². The van der Waals surface area contributed by atoms with Crippen LogP contribution in [-0.2, 0) is 0 Å². The highest BCUT2D eigenvalue weighted by atomic mass is 32.1. The minimum atomic E-state index is -0.157. The van der Waals surface area contributed by atoms with E-state index in [0.29, 0.717) is 11.6 Å². The maximum atomic E-state index is 11.8. The van der Waals surface area contributed by atoms with Crippen molar-refractivity contribution in [2.24, 2.45) is 5.92 Å². The molecule has 2 heterocycles. The van der Waals surface area contributed by atoms with Crippen LogP contribution in [0.1, 0.15) is 20.3 Å². The monoisotopic (exact) mass is 268 g/mol. The van der Waals surface area contributed by atoms with E-state index in [2.05, 4.69) is 29.2 Å². The second kappa shape index (κ2) is 5.45. The molecule has 0 saturated heterocycles. The van der Waals surface area contributed by atoms with Gasteiger partial charge in [-0.25, -0.2) is 9.97 Å². The van der Waals surface area contributed by atoms with Gasteiger partial charge in [0.05, 0.1) is 17.3 Å². The highest BCUT2D eigenvalue weighted by Crippen LogP contribution is 2.12. The Labute approximate surface area is 108 Å². The summed E-state index contributed by atoms with van der Waals surface area (Å²) in [5.74, 6) is 0.435. The molecule has 2 aromatic rings. The van der Waals surface area contributed by atoms with Crippen molar-refractivity contribution >= 4 is 21.7 Å². The molecule has 98 valence electrons. The van der Waals surface area contributed by atoms with Gasteiger partial charge in [-0.1, -0.05) is 25.2 Å². The van der Waals surface area contributed by atoms with E-state index in [1.807, 2.05) is 0 Å². The van der Waals surface area contributed by atoms with Gasteiger partial charge in [-0.3, -0.25) is 4.79 Å². The molecule has 2 N–H and O–H groups in total. The topological polar surface area (TPSA) is 80.0 Å². The van der Waals surface area contributed by atoms with E-state index in [-0.39, 0.29) is 17.5 Å². The maximum absolute atomic E-state index is 11.8. The van der Waals surface area contributed by atoms with Crippen LogP contribution in [0, 0.1) is 5.92 Å². The van der Waals surface area contributed by atoms with Crippen LogP contribution in [0.3, 0.4) is 0 Å². The van der Waals surface area contributed by atoms with Gasteiger partial charge in [0.15, 0.2) is 5.65 Å². The van der Waals surface area contributed by atoms with Crippen LogP contribution in [0.5, 0.6) is 0 Å². The average molecular weight is 268 g/mol. The molecule has 0 fully saturated rings. The number of aromatic nitrogens is 3. The number of nitrogens with zero attached hydrogens (tertiary/aromatic N) is 3. The highest BCUT2D eigenvalue weighted by Gasteiger charge is 2.14.